The van der Waals surface area contributed by atoms with E-state index in [0.29, 0.717) is 10.8 Å². The van der Waals surface area contributed by atoms with Gasteiger partial charge in [0.15, 0.2) is 0 Å². The lowest BCUT2D eigenvalue weighted by molar-refractivity contribution is -0.706. The molecule has 0 radical (unpaired) electrons. The van der Waals surface area contributed by atoms with Crippen molar-refractivity contribution in [1.82, 2.24) is 0 Å². The van der Waals surface area contributed by atoms with E-state index in [2.05, 4.69) is 12.2 Å². The normalized spacial score (nSPS) is 12.5. The maximum atomic E-state index is 9.06. The van der Waals surface area contributed by atoms with Crippen molar-refractivity contribution in [1.29, 1.82) is 0 Å². The van der Waals surface area contributed by atoms with Crippen molar-refractivity contribution in [3.63, 3.8) is 0 Å². The van der Waals surface area contributed by atoms with Crippen molar-refractivity contribution >= 4 is 11.6 Å². The number of methoxy groups -OCH3 is 1. The second-order valence-corrected chi connectivity index (χ2v) is 4.17. The summed E-state index contributed by atoms with van der Waals surface area (Å²) in [4.78, 5) is 0. The second kappa shape index (κ2) is 6.74. The minimum atomic E-state index is 0.209. The van der Waals surface area contributed by atoms with Crippen molar-refractivity contribution in [3.8, 4) is 5.75 Å². The summed E-state index contributed by atoms with van der Waals surface area (Å²) in [6, 6.07) is 6.03. The van der Waals surface area contributed by atoms with Gasteiger partial charge in [-0.3, -0.25) is 0 Å². The second-order valence-electron chi connectivity index (χ2n) is 3.76. The van der Waals surface area contributed by atoms with E-state index in [0.717, 1.165) is 18.5 Å². The van der Waals surface area contributed by atoms with E-state index in [9.17, 15) is 0 Å². The summed E-state index contributed by atoms with van der Waals surface area (Å²) >= 11 is 6.02. The molecule has 16 heavy (non-hydrogen) atoms. The van der Waals surface area contributed by atoms with Gasteiger partial charge < -0.3 is 15.2 Å². The Balaban J connectivity index is 2.58. The number of quaternary nitrogens is 1. The van der Waals surface area contributed by atoms with Crippen LogP contribution in [0.5, 0.6) is 5.75 Å². The Morgan fingerprint density at radius 2 is 2.25 bits per heavy atom. The molecule has 1 atom stereocenters. The summed E-state index contributed by atoms with van der Waals surface area (Å²) < 4.78 is 5.09. The molecule has 0 aliphatic heterocycles. The first-order valence-electron chi connectivity index (χ1n) is 5.47. The molecule has 0 spiro atoms. The van der Waals surface area contributed by atoms with Gasteiger partial charge in [0, 0.05) is 5.56 Å². The maximum absolute atomic E-state index is 9.06. The zero-order chi connectivity index (χ0) is 12.0. The molecule has 0 heterocycles. The molecule has 0 bridgehead atoms. The van der Waals surface area contributed by atoms with Crippen LogP contribution < -0.4 is 10.1 Å². The molecule has 0 saturated heterocycles. The third-order valence-electron chi connectivity index (χ3n) is 2.66. The Morgan fingerprint density at radius 3 is 2.75 bits per heavy atom. The number of benzene rings is 1. The molecule has 0 aliphatic rings. The molecule has 1 aromatic rings. The molecule has 1 rings (SSSR count). The van der Waals surface area contributed by atoms with Gasteiger partial charge in [-0.05, 0) is 24.6 Å². The lowest BCUT2D eigenvalue weighted by Gasteiger charge is -2.11. The van der Waals surface area contributed by atoms with E-state index in [4.69, 9.17) is 21.4 Å². The highest BCUT2D eigenvalue weighted by molar-refractivity contribution is 6.32. The highest BCUT2D eigenvalue weighted by atomic mass is 35.5. The van der Waals surface area contributed by atoms with Gasteiger partial charge in [-0.2, -0.15) is 0 Å². The molecule has 0 amide bonds. The van der Waals surface area contributed by atoms with Crippen LogP contribution in [-0.4, -0.2) is 24.9 Å². The molecule has 3 nitrogen and oxygen atoms in total. The van der Waals surface area contributed by atoms with Crippen molar-refractivity contribution in [2.45, 2.75) is 25.9 Å². The zero-order valence-electron chi connectivity index (χ0n) is 9.74. The smallest absolute Gasteiger partial charge is 0.137 e. The highest BCUT2D eigenvalue weighted by Gasteiger charge is 2.08. The number of hydrogen-bond donors (Lipinski definition) is 2. The van der Waals surface area contributed by atoms with E-state index in [1.165, 1.54) is 0 Å². The summed E-state index contributed by atoms with van der Waals surface area (Å²) in [5.74, 6) is 0.694. The minimum Gasteiger partial charge on any atom is -0.495 e. The number of halogens is 1. The van der Waals surface area contributed by atoms with Crippen LogP contribution in [-0.2, 0) is 6.54 Å². The van der Waals surface area contributed by atoms with Gasteiger partial charge in [0.05, 0.1) is 18.7 Å². The van der Waals surface area contributed by atoms with Gasteiger partial charge in [0.1, 0.15) is 18.3 Å². The van der Waals surface area contributed by atoms with E-state index in [1.54, 1.807) is 7.11 Å². The molecule has 3 N–H and O–H groups in total. The van der Waals surface area contributed by atoms with Crippen LogP contribution in [0.2, 0.25) is 5.02 Å². The van der Waals surface area contributed by atoms with Crippen molar-refractivity contribution < 1.29 is 15.2 Å². The fourth-order valence-corrected chi connectivity index (χ4v) is 1.79. The Bertz CT molecular complexity index is 327. The van der Waals surface area contributed by atoms with Crippen molar-refractivity contribution in [2.24, 2.45) is 0 Å². The summed E-state index contributed by atoms with van der Waals surface area (Å²) in [5.41, 5.74) is 1.14. The molecule has 0 unspecified atom stereocenters. The van der Waals surface area contributed by atoms with Crippen LogP contribution in [0, 0.1) is 0 Å². The maximum Gasteiger partial charge on any atom is 0.137 e. The average molecular weight is 245 g/mol. The molecule has 90 valence electrons. The van der Waals surface area contributed by atoms with E-state index < -0.39 is 0 Å². The monoisotopic (exact) mass is 244 g/mol. The third kappa shape index (κ3) is 3.67. The number of aliphatic hydroxyl groups is 1. The van der Waals surface area contributed by atoms with Crippen LogP contribution in [0.4, 0.5) is 0 Å². The van der Waals surface area contributed by atoms with Gasteiger partial charge in [-0.25, -0.2) is 0 Å². The third-order valence-corrected chi connectivity index (χ3v) is 2.96. The molecular formula is C12H19ClNO2+. The fraction of sp³-hybridized carbons (Fsp3) is 0.500. The van der Waals surface area contributed by atoms with Crippen LogP contribution >= 0.6 is 11.6 Å². The summed E-state index contributed by atoms with van der Waals surface area (Å²) in [7, 11) is 1.60. The summed E-state index contributed by atoms with van der Waals surface area (Å²) in [6.07, 6.45) is 0.959. The standard InChI is InChI=1S/C12H18ClNO2/c1-3-10(8-15)14-7-9-4-5-12(16-2)11(13)6-9/h4-6,10,14-15H,3,7-8H2,1-2H3/p+1/t10-/m0/s1. The summed E-state index contributed by atoms with van der Waals surface area (Å²) in [6.45, 7) is 3.10. The number of hydrogen-bond acceptors (Lipinski definition) is 2. The lowest BCUT2D eigenvalue weighted by Crippen LogP contribution is -2.89. The number of nitrogens with two attached hydrogens (primary N) is 1. The predicted molar refractivity (Wildman–Crippen MR) is 64.8 cm³/mol. The van der Waals surface area contributed by atoms with E-state index in [-0.39, 0.29) is 12.6 Å². The first-order valence-corrected chi connectivity index (χ1v) is 5.85. The topological polar surface area (TPSA) is 46.1 Å². The first kappa shape index (κ1) is 13.3. The van der Waals surface area contributed by atoms with Gasteiger partial charge >= 0.3 is 0 Å². The SMILES string of the molecule is CC[C@@H](CO)[NH2+]Cc1ccc(OC)c(Cl)c1. The Hall–Kier alpha value is -0.770. The Kier molecular flexibility index (Phi) is 5.60. The molecule has 1 aromatic carbocycles. The first-order chi connectivity index (χ1) is 7.71. The van der Waals surface area contributed by atoms with Crippen molar-refractivity contribution in [2.75, 3.05) is 13.7 Å². The van der Waals surface area contributed by atoms with Gasteiger partial charge in [0.25, 0.3) is 0 Å². The average Bonchev–Trinajstić information content (AvgIpc) is 2.30. The molecule has 0 fully saturated rings. The van der Waals surface area contributed by atoms with Crippen LogP contribution in [0.15, 0.2) is 18.2 Å². The number of rotatable bonds is 6. The highest BCUT2D eigenvalue weighted by Crippen LogP contribution is 2.24. The van der Waals surface area contributed by atoms with Gasteiger partial charge in [-0.15, -0.1) is 0 Å². The molecule has 0 aliphatic carbocycles. The van der Waals surface area contributed by atoms with E-state index in [1.807, 2.05) is 18.2 Å². The molecule has 0 saturated carbocycles. The zero-order valence-corrected chi connectivity index (χ0v) is 10.5. The largest absolute Gasteiger partial charge is 0.495 e. The minimum absolute atomic E-state index is 0.209. The Labute approximate surface area is 101 Å². The molecular weight excluding hydrogens is 226 g/mol. The van der Waals surface area contributed by atoms with Crippen LogP contribution in [0.25, 0.3) is 0 Å². The lowest BCUT2D eigenvalue weighted by atomic mass is 10.2. The quantitative estimate of drug-likeness (QED) is 0.790. The van der Waals surface area contributed by atoms with Crippen LogP contribution in [0.1, 0.15) is 18.9 Å². The van der Waals surface area contributed by atoms with Crippen molar-refractivity contribution in [3.05, 3.63) is 28.8 Å². The number of ether oxygens (including phenoxy) is 1. The fourth-order valence-electron chi connectivity index (χ4n) is 1.51. The molecule has 0 aromatic heterocycles. The summed E-state index contributed by atoms with van der Waals surface area (Å²) in [5, 5.41) is 11.8. The van der Waals surface area contributed by atoms with Crippen LogP contribution in [0.3, 0.4) is 0 Å². The van der Waals surface area contributed by atoms with Gasteiger partial charge in [-0.1, -0.05) is 18.5 Å². The van der Waals surface area contributed by atoms with Gasteiger partial charge in [0.2, 0.25) is 0 Å². The van der Waals surface area contributed by atoms with E-state index >= 15 is 0 Å². The predicted octanol–water partition coefficient (Wildman–Crippen LogP) is 1.18. The molecule has 4 heteroatoms. The number of aliphatic hydroxyl groups excluding tert-OH is 1. The Morgan fingerprint density at radius 1 is 1.50 bits per heavy atom.